The highest BCUT2D eigenvalue weighted by Crippen LogP contribution is 2.20. The lowest BCUT2D eigenvalue weighted by Crippen LogP contribution is -2.42. The summed E-state index contributed by atoms with van der Waals surface area (Å²) in [5, 5.41) is 0.791. The molecular formula is C19H19BrN2O2S. The molecule has 0 aromatic heterocycles. The van der Waals surface area contributed by atoms with Crippen molar-refractivity contribution in [1.82, 2.24) is 4.90 Å². The summed E-state index contributed by atoms with van der Waals surface area (Å²) in [6.07, 6.45) is 0.971. The third kappa shape index (κ3) is 5.34. The van der Waals surface area contributed by atoms with Crippen LogP contribution in [0.5, 0.6) is 5.75 Å². The summed E-state index contributed by atoms with van der Waals surface area (Å²) in [4.78, 5) is 18.9. The SMILES string of the molecule is O=C(COc1ccc(Br)cc1)N1CCCSC1=NCc1ccccc1. The van der Waals surface area contributed by atoms with Crippen LogP contribution in [0.15, 0.2) is 64.1 Å². The molecule has 130 valence electrons. The molecule has 1 aliphatic rings. The van der Waals surface area contributed by atoms with Crippen molar-refractivity contribution in [2.24, 2.45) is 4.99 Å². The van der Waals surface area contributed by atoms with Crippen molar-refractivity contribution >= 4 is 38.8 Å². The van der Waals surface area contributed by atoms with E-state index in [9.17, 15) is 4.79 Å². The third-order valence-corrected chi connectivity index (χ3v) is 5.33. The van der Waals surface area contributed by atoms with E-state index in [1.807, 2.05) is 54.6 Å². The molecule has 0 bridgehead atoms. The van der Waals surface area contributed by atoms with E-state index in [1.54, 1.807) is 16.7 Å². The molecule has 1 amide bonds. The molecule has 3 rings (SSSR count). The highest BCUT2D eigenvalue weighted by atomic mass is 79.9. The normalized spacial score (nSPS) is 16.0. The van der Waals surface area contributed by atoms with Crippen molar-refractivity contribution in [3.05, 3.63) is 64.6 Å². The van der Waals surface area contributed by atoms with Gasteiger partial charge in [0.05, 0.1) is 6.54 Å². The van der Waals surface area contributed by atoms with Crippen molar-refractivity contribution in [3.63, 3.8) is 0 Å². The largest absolute Gasteiger partial charge is 0.484 e. The first-order valence-electron chi connectivity index (χ1n) is 8.12. The van der Waals surface area contributed by atoms with Crippen molar-refractivity contribution in [3.8, 4) is 5.75 Å². The second kappa shape index (κ2) is 9.06. The molecule has 0 aliphatic carbocycles. The lowest BCUT2D eigenvalue weighted by atomic mass is 10.2. The van der Waals surface area contributed by atoms with E-state index < -0.39 is 0 Å². The Bertz CT molecular complexity index is 735. The van der Waals surface area contributed by atoms with Crippen molar-refractivity contribution in [2.75, 3.05) is 18.9 Å². The second-order valence-electron chi connectivity index (χ2n) is 5.57. The first kappa shape index (κ1) is 18.0. The minimum absolute atomic E-state index is 0.0204. The average molecular weight is 419 g/mol. The van der Waals surface area contributed by atoms with Crippen molar-refractivity contribution in [1.29, 1.82) is 0 Å². The molecule has 0 unspecified atom stereocenters. The van der Waals surface area contributed by atoms with Gasteiger partial charge in [-0.05, 0) is 36.2 Å². The molecule has 2 aromatic carbocycles. The maximum Gasteiger partial charge on any atom is 0.266 e. The quantitative estimate of drug-likeness (QED) is 0.724. The minimum Gasteiger partial charge on any atom is -0.484 e. The molecule has 4 nitrogen and oxygen atoms in total. The molecule has 0 atom stereocenters. The van der Waals surface area contributed by atoms with Gasteiger partial charge in [0.1, 0.15) is 5.75 Å². The molecule has 0 radical (unpaired) electrons. The Morgan fingerprint density at radius 2 is 1.92 bits per heavy atom. The van der Waals surface area contributed by atoms with Gasteiger partial charge in [0, 0.05) is 16.8 Å². The Hall–Kier alpha value is -1.79. The number of halogens is 1. The predicted molar refractivity (Wildman–Crippen MR) is 106 cm³/mol. The molecule has 1 saturated heterocycles. The first-order valence-corrected chi connectivity index (χ1v) is 9.90. The van der Waals surface area contributed by atoms with Crippen LogP contribution < -0.4 is 4.74 Å². The maximum atomic E-state index is 12.6. The van der Waals surface area contributed by atoms with E-state index in [-0.39, 0.29) is 12.5 Å². The van der Waals surface area contributed by atoms with E-state index in [2.05, 4.69) is 20.9 Å². The highest BCUT2D eigenvalue weighted by Gasteiger charge is 2.23. The smallest absolute Gasteiger partial charge is 0.266 e. The van der Waals surface area contributed by atoms with E-state index in [1.165, 1.54) is 0 Å². The van der Waals surface area contributed by atoms with Gasteiger partial charge < -0.3 is 4.74 Å². The number of thioether (sulfide) groups is 1. The Morgan fingerprint density at radius 3 is 2.68 bits per heavy atom. The van der Waals surface area contributed by atoms with Gasteiger partial charge in [-0.3, -0.25) is 14.7 Å². The fourth-order valence-corrected chi connectivity index (χ4v) is 3.64. The average Bonchev–Trinajstić information content (AvgIpc) is 2.67. The molecule has 1 heterocycles. The monoisotopic (exact) mass is 418 g/mol. The van der Waals surface area contributed by atoms with E-state index in [4.69, 9.17) is 4.74 Å². The van der Waals surface area contributed by atoms with Crippen LogP contribution in [-0.2, 0) is 11.3 Å². The fraction of sp³-hybridized carbons (Fsp3) is 0.263. The van der Waals surface area contributed by atoms with Gasteiger partial charge >= 0.3 is 0 Å². The Kier molecular flexibility index (Phi) is 6.53. The Balaban J connectivity index is 1.61. The zero-order valence-electron chi connectivity index (χ0n) is 13.7. The van der Waals surface area contributed by atoms with Crippen LogP contribution in [0.2, 0.25) is 0 Å². The van der Waals surface area contributed by atoms with E-state index in [0.29, 0.717) is 18.8 Å². The van der Waals surface area contributed by atoms with Gasteiger partial charge in [0.2, 0.25) is 0 Å². The lowest BCUT2D eigenvalue weighted by molar-refractivity contribution is -0.129. The summed E-state index contributed by atoms with van der Waals surface area (Å²) in [7, 11) is 0. The van der Waals surface area contributed by atoms with E-state index >= 15 is 0 Å². The molecule has 6 heteroatoms. The summed E-state index contributed by atoms with van der Waals surface area (Å²) >= 11 is 5.02. The number of hydrogen-bond acceptors (Lipinski definition) is 4. The van der Waals surface area contributed by atoms with Gasteiger partial charge in [-0.1, -0.05) is 58.0 Å². The number of aliphatic imine (C=N–C) groups is 1. The third-order valence-electron chi connectivity index (χ3n) is 3.70. The van der Waals surface area contributed by atoms with Gasteiger partial charge in [0.15, 0.2) is 11.8 Å². The summed E-state index contributed by atoms with van der Waals surface area (Å²) in [5.41, 5.74) is 1.14. The van der Waals surface area contributed by atoms with Crippen LogP contribution in [0, 0.1) is 0 Å². The number of benzene rings is 2. The number of carbonyl (C=O) groups is 1. The zero-order valence-corrected chi connectivity index (χ0v) is 16.1. The van der Waals surface area contributed by atoms with Crippen LogP contribution in [0.4, 0.5) is 0 Å². The summed E-state index contributed by atoms with van der Waals surface area (Å²) in [5.74, 6) is 1.62. The summed E-state index contributed by atoms with van der Waals surface area (Å²) in [6, 6.07) is 17.5. The number of nitrogens with zero attached hydrogens (tertiary/aromatic N) is 2. The lowest BCUT2D eigenvalue weighted by Gasteiger charge is -2.27. The number of carbonyl (C=O) groups excluding carboxylic acids is 1. The Labute approximate surface area is 160 Å². The van der Waals surface area contributed by atoms with Crippen LogP contribution in [0.25, 0.3) is 0 Å². The second-order valence-corrected chi connectivity index (χ2v) is 7.55. The van der Waals surface area contributed by atoms with Crippen LogP contribution >= 0.6 is 27.7 Å². The highest BCUT2D eigenvalue weighted by molar-refractivity contribution is 9.10. The fourth-order valence-electron chi connectivity index (χ4n) is 2.42. The number of rotatable bonds is 5. The predicted octanol–water partition coefficient (Wildman–Crippen LogP) is 4.35. The molecule has 25 heavy (non-hydrogen) atoms. The van der Waals surface area contributed by atoms with Crippen LogP contribution in [-0.4, -0.2) is 34.9 Å². The summed E-state index contributed by atoms with van der Waals surface area (Å²) < 4.78 is 6.59. The van der Waals surface area contributed by atoms with Gasteiger partial charge in [-0.25, -0.2) is 0 Å². The molecule has 0 spiro atoms. The maximum absolute atomic E-state index is 12.6. The number of amides is 1. The molecule has 1 fully saturated rings. The molecule has 2 aromatic rings. The van der Waals surface area contributed by atoms with Crippen molar-refractivity contribution < 1.29 is 9.53 Å². The topological polar surface area (TPSA) is 41.9 Å². The Morgan fingerprint density at radius 1 is 1.16 bits per heavy atom. The van der Waals surface area contributed by atoms with Crippen molar-refractivity contribution in [2.45, 2.75) is 13.0 Å². The van der Waals surface area contributed by atoms with Crippen LogP contribution in [0.3, 0.4) is 0 Å². The number of hydrogen-bond donors (Lipinski definition) is 0. The first-order chi connectivity index (χ1) is 12.2. The van der Waals surface area contributed by atoms with Crippen LogP contribution in [0.1, 0.15) is 12.0 Å². The van der Waals surface area contributed by atoms with Gasteiger partial charge in [0.25, 0.3) is 5.91 Å². The molecule has 0 saturated carbocycles. The zero-order chi connectivity index (χ0) is 17.5. The standard InChI is InChI=1S/C19H19BrN2O2S/c20-16-7-9-17(10-8-16)24-14-18(23)22-11-4-12-25-19(22)21-13-15-5-2-1-3-6-15/h1-3,5-10H,4,11-14H2. The minimum atomic E-state index is -0.0538. The molecule has 0 N–H and O–H groups in total. The number of amidine groups is 1. The molecular weight excluding hydrogens is 400 g/mol. The number of ether oxygens (including phenoxy) is 1. The van der Waals surface area contributed by atoms with E-state index in [0.717, 1.165) is 27.4 Å². The molecule has 1 aliphatic heterocycles. The van der Waals surface area contributed by atoms with Gasteiger partial charge in [-0.2, -0.15) is 0 Å². The van der Waals surface area contributed by atoms with Gasteiger partial charge in [-0.15, -0.1) is 0 Å². The summed E-state index contributed by atoms with van der Waals surface area (Å²) in [6.45, 7) is 1.30.